The lowest BCUT2D eigenvalue weighted by Gasteiger charge is -2.61. The van der Waals surface area contributed by atoms with Crippen molar-refractivity contribution in [2.45, 2.75) is 87.7 Å². The summed E-state index contributed by atoms with van der Waals surface area (Å²) in [5.41, 5.74) is -0.721. The quantitative estimate of drug-likeness (QED) is 0.599. The van der Waals surface area contributed by atoms with Gasteiger partial charge in [0.2, 0.25) is 0 Å². The van der Waals surface area contributed by atoms with Gasteiger partial charge in [-0.1, -0.05) is 6.07 Å². The van der Waals surface area contributed by atoms with Crippen LogP contribution in [0.1, 0.15) is 57.6 Å². The zero-order valence-corrected chi connectivity index (χ0v) is 21.2. The minimum Gasteiger partial charge on any atom is -0.504 e. The Labute approximate surface area is 210 Å². The number of nitrogens with zero attached hydrogens (tertiary/aromatic N) is 2. The molecule has 6 rings (SSSR count). The van der Waals surface area contributed by atoms with Crippen LogP contribution in [0.2, 0.25) is 0 Å². The summed E-state index contributed by atoms with van der Waals surface area (Å²) < 4.78 is 17.8. The molecule has 36 heavy (non-hydrogen) atoms. The van der Waals surface area contributed by atoms with Gasteiger partial charge in [0.25, 0.3) is 0 Å². The molecule has 0 unspecified atom stereocenters. The first-order valence-corrected chi connectivity index (χ1v) is 12.8. The van der Waals surface area contributed by atoms with Gasteiger partial charge in [-0.3, -0.25) is 4.90 Å². The number of ether oxygens (including phenoxy) is 3. The standard InChI is InChI=1S/C27H34N2O7/c1-25(2,3)36-24(32)29-12-5-6-16(29)23(31)34-18-9-10-27(33)19-14-15-7-8-17(30)21-20(15)26(27,22(18)35-21)11-13-28(19)4/h7-9,16,19,22,30,33H,5-6,10-14H2,1-4H3/t16-,19+,22-,26-,27+/m0/s1. The number of likely N-dealkylation sites (N-methyl/N-ethyl adjacent to an activating group) is 1. The SMILES string of the molecule is CN1CC[C@]23c4c5ccc(O)c4O[C@H]2C(OC(=O)[C@@H]2CCCN2C(=O)OC(C)(C)C)=CC[C@@]3(O)[C@H]1C5. The first-order chi connectivity index (χ1) is 17.0. The van der Waals surface area contributed by atoms with Gasteiger partial charge in [-0.25, -0.2) is 9.59 Å². The predicted molar refractivity (Wildman–Crippen MR) is 129 cm³/mol. The number of carbonyl (C=O) groups excluding carboxylic acids is 2. The minimum absolute atomic E-state index is 0.0230. The van der Waals surface area contributed by atoms with Crippen LogP contribution in [0.4, 0.5) is 4.79 Å². The molecule has 0 radical (unpaired) electrons. The topological polar surface area (TPSA) is 109 Å². The lowest BCUT2D eigenvalue weighted by atomic mass is 9.50. The van der Waals surface area contributed by atoms with E-state index in [1.807, 2.05) is 13.1 Å². The summed E-state index contributed by atoms with van der Waals surface area (Å²) in [6, 6.07) is 2.68. The van der Waals surface area contributed by atoms with E-state index in [0.717, 1.165) is 17.7 Å². The Morgan fingerprint density at radius 2 is 2.00 bits per heavy atom. The third kappa shape index (κ3) is 3.08. The Balaban J connectivity index is 1.33. The maximum absolute atomic E-state index is 13.4. The number of phenolic OH excluding ortho intramolecular Hbond substituents is 1. The number of rotatable bonds is 2. The van der Waals surface area contributed by atoms with Crippen molar-refractivity contribution in [2.75, 3.05) is 20.1 Å². The number of benzene rings is 1. The molecule has 5 aliphatic rings. The van der Waals surface area contributed by atoms with Crippen molar-refractivity contribution in [3.05, 3.63) is 35.1 Å². The molecule has 0 saturated carbocycles. The summed E-state index contributed by atoms with van der Waals surface area (Å²) in [5.74, 6) is 0.206. The van der Waals surface area contributed by atoms with Gasteiger partial charge in [-0.15, -0.1) is 0 Å². The van der Waals surface area contributed by atoms with Crippen LogP contribution in [0.15, 0.2) is 24.0 Å². The highest BCUT2D eigenvalue weighted by Gasteiger charge is 2.72. The van der Waals surface area contributed by atoms with Crippen LogP contribution in [0.5, 0.6) is 11.5 Å². The van der Waals surface area contributed by atoms with Crippen molar-refractivity contribution in [1.82, 2.24) is 9.80 Å². The Morgan fingerprint density at radius 1 is 1.22 bits per heavy atom. The van der Waals surface area contributed by atoms with Crippen LogP contribution in [0.25, 0.3) is 0 Å². The highest BCUT2D eigenvalue weighted by Crippen LogP contribution is 2.65. The number of carbonyl (C=O) groups is 2. The molecule has 2 N–H and O–H groups in total. The molecule has 9 nitrogen and oxygen atoms in total. The van der Waals surface area contributed by atoms with E-state index in [4.69, 9.17) is 14.2 Å². The summed E-state index contributed by atoms with van der Waals surface area (Å²) >= 11 is 0. The van der Waals surface area contributed by atoms with E-state index in [9.17, 15) is 19.8 Å². The third-order valence-corrected chi connectivity index (χ3v) is 8.72. The molecule has 194 valence electrons. The largest absolute Gasteiger partial charge is 0.504 e. The minimum atomic E-state index is -1.12. The molecule has 2 saturated heterocycles. The van der Waals surface area contributed by atoms with Crippen molar-refractivity contribution in [2.24, 2.45) is 0 Å². The number of phenols is 1. The maximum Gasteiger partial charge on any atom is 0.411 e. The smallest absolute Gasteiger partial charge is 0.411 e. The van der Waals surface area contributed by atoms with Gasteiger partial charge in [0.15, 0.2) is 17.6 Å². The molecular formula is C27H34N2O7. The van der Waals surface area contributed by atoms with Crippen molar-refractivity contribution >= 4 is 12.1 Å². The van der Waals surface area contributed by atoms with E-state index in [1.165, 1.54) is 4.90 Å². The van der Waals surface area contributed by atoms with Crippen LogP contribution >= 0.6 is 0 Å². The molecule has 2 bridgehead atoms. The van der Waals surface area contributed by atoms with Crippen LogP contribution in [0, 0.1) is 0 Å². The van der Waals surface area contributed by atoms with Crippen LogP contribution in [-0.4, -0.2) is 81.6 Å². The van der Waals surface area contributed by atoms with Gasteiger partial charge in [0, 0.05) is 24.6 Å². The molecule has 2 aliphatic carbocycles. The highest BCUT2D eigenvalue weighted by atomic mass is 16.6. The third-order valence-electron chi connectivity index (χ3n) is 8.72. The number of aliphatic hydroxyl groups is 1. The second-order valence-electron chi connectivity index (χ2n) is 11.9. The molecule has 1 aromatic carbocycles. The van der Waals surface area contributed by atoms with E-state index in [0.29, 0.717) is 50.2 Å². The number of likely N-dealkylation sites (tertiary alicyclic amines) is 2. The van der Waals surface area contributed by atoms with Crippen molar-refractivity contribution in [1.29, 1.82) is 0 Å². The van der Waals surface area contributed by atoms with Crippen LogP contribution < -0.4 is 4.74 Å². The summed E-state index contributed by atoms with van der Waals surface area (Å²) in [6.07, 6.45) is 3.22. The van der Waals surface area contributed by atoms with Gasteiger partial charge in [-0.2, -0.15) is 0 Å². The Bertz CT molecular complexity index is 1170. The van der Waals surface area contributed by atoms with Gasteiger partial charge in [0.05, 0.1) is 11.0 Å². The van der Waals surface area contributed by atoms with E-state index in [2.05, 4.69) is 4.90 Å². The maximum atomic E-state index is 13.4. The molecule has 3 aliphatic heterocycles. The van der Waals surface area contributed by atoms with Crippen LogP contribution in [-0.2, 0) is 26.1 Å². The number of hydrogen-bond donors (Lipinski definition) is 2. The van der Waals surface area contributed by atoms with Gasteiger partial charge >= 0.3 is 12.1 Å². The second kappa shape index (κ2) is 7.61. The number of hydrogen-bond acceptors (Lipinski definition) is 8. The Hall–Kier alpha value is -2.78. The lowest BCUT2D eigenvalue weighted by molar-refractivity contribution is -0.170. The summed E-state index contributed by atoms with van der Waals surface area (Å²) in [5, 5.41) is 22.9. The lowest BCUT2D eigenvalue weighted by Crippen LogP contribution is -2.74. The summed E-state index contributed by atoms with van der Waals surface area (Å²) in [6.45, 7) is 6.55. The van der Waals surface area contributed by atoms with Gasteiger partial charge in [-0.05, 0) is 77.8 Å². The number of piperidine rings is 1. The fourth-order valence-electron chi connectivity index (χ4n) is 7.17. The summed E-state index contributed by atoms with van der Waals surface area (Å²) in [7, 11) is 2.03. The van der Waals surface area contributed by atoms with E-state index < -0.39 is 40.8 Å². The first-order valence-electron chi connectivity index (χ1n) is 12.8. The van der Waals surface area contributed by atoms with Crippen molar-refractivity contribution < 1.29 is 34.0 Å². The number of esters is 1. The fourth-order valence-corrected chi connectivity index (χ4v) is 7.17. The summed E-state index contributed by atoms with van der Waals surface area (Å²) in [4.78, 5) is 29.8. The zero-order valence-electron chi connectivity index (χ0n) is 21.2. The normalized spacial score (nSPS) is 34.5. The molecule has 9 heteroatoms. The second-order valence-corrected chi connectivity index (χ2v) is 11.9. The first kappa shape index (κ1) is 23.6. The fraction of sp³-hybridized carbons (Fsp3) is 0.630. The molecule has 0 aromatic heterocycles. The molecule has 1 amide bonds. The Morgan fingerprint density at radius 3 is 2.75 bits per heavy atom. The zero-order chi connectivity index (χ0) is 25.6. The molecule has 3 heterocycles. The van der Waals surface area contributed by atoms with Crippen LogP contribution in [0.3, 0.4) is 0 Å². The average Bonchev–Trinajstić information content (AvgIpc) is 3.42. The molecule has 2 fully saturated rings. The highest BCUT2D eigenvalue weighted by molar-refractivity contribution is 5.83. The Kier molecular flexibility index (Phi) is 4.99. The predicted octanol–water partition coefficient (Wildman–Crippen LogP) is 2.61. The van der Waals surface area contributed by atoms with Crippen molar-refractivity contribution in [3.63, 3.8) is 0 Å². The van der Waals surface area contributed by atoms with Gasteiger partial charge in [0.1, 0.15) is 17.4 Å². The molecule has 1 aromatic rings. The molecule has 1 spiro atoms. The van der Waals surface area contributed by atoms with Crippen molar-refractivity contribution in [3.8, 4) is 11.5 Å². The average molecular weight is 499 g/mol. The number of aromatic hydroxyl groups is 1. The number of amides is 1. The molecule has 5 atom stereocenters. The van der Waals surface area contributed by atoms with E-state index in [-0.39, 0.29) is 11.8 Å². The van der Waals surface area contributed by atoms with E-state index in [1.54, 1.807) is 32.9 Å². The molecular weight excluding hydrogens is 464 g/mol. The van der Waals surface area contributed by atoms with E-state index >= 15 is 0 Å². The monoisotopic (exact) mass is 498 g/mol. The van der Waals surface area contributed by atoms with Gasteiger partial charge < -0.3 is 29.3 Å².